The van der Waals surface area contributed by atoms with Crippen LogP contribution in [-0.4, -0.2) is 196 Å². The maximum Gasteiger partial charge on any atom is 0.305 e. The number of carboxylic acid groups (broad SMARTS) is 1. The van der Waals surface area contributed by atoms with Crippen molar-refractivity contribution in [3.63, 3.8) is 0 Å². The first kappa shape index (κ1) is 59.9. The molecule has 23 nitrogen and oxygen atoms in total. The van der Waals surface area contributed by atoms with Gasteiger partial charge in [-0.25, -0.2) is 4.99 Å². The Morgan fingerprint density at radius 3 is 1.77 bits per heavy atom. The van der Waals surface area contributed by atoms with E-state index in [1.54, 1.807) is 48.5 Å². The van der Waals surface area contributed by atoms with Crippen LogP contribution < -0.4 is 36.6 Å². The largest absolute Gasteiger partial charge is 0.494 e. The van der Waals surface area contributed by atoms with E-state index in [1.807, 2.05) is 0 Å². The van der Waals surface area contributed by atoms with E-state index in [2.05, 4.69) is 36.9 Å². The molecule has 0 spiro atoms. The van der Waals surface area contributed by atoms with Crippen molar-refractivity contribution in [3.05, 3.63) is 54.1 Å². The molecule has 2 aromatic carbocycles. The molecule has 1 aliphatic rings. The number of rotatable bonds is 41. The highest BCUT2D eigenvalue weighted by atomic mass is 32.2. The number of carboxylic acids is 1. The highest BCUT2D eigenvalue weighted by molar-refractivity contribution is 8.13. The maximum atomic E-state index is 13.0. The molecular formula is C47H71N7O16S. The summed E-state index contributed by atoms with van der Waals surface area (Å²) in [6.45, 7) is 10.2. The van der Waals surface area contributed by atoms with E-state index in [9.17, 15) is 33.9 Å². The van der Waals surface area contributed by atoms with Gasteiger partial charge in [-0.1, -0.05) is 17.8 Å². The standard InChI is InChI=1S/C47H71N7O16S/c1-36(55)71-32-31-69-30-29-68-28-27-67-26-25-66-24-23-65-22-21-64-20-19-63-18-17-62-16-11-42(56)48-14-4-15-70-40-9-7-38(8-10-40)52-46(61)41(34-44(58)59)54-43(57)35-51-45(60)37-5-2-6-39(33-37)53-47-49-12-3-13-50-47/h2,5-10,33,41H,3-4,11-32,34-35H2,1H3,(H,48,56)(H,51,60)(H,52,61)(H,54,57)(H,58,59)(H2,49,50,53)/t41-/m0/s1. The number of hydrogen-bond acceptors (Lipinski definition) is 17. The number of nitrogens with one attached hydrogen (secondary N) is 6. The lowest BCUT2D eigenvalue weighted by Gasteiger charge is -2.18. The summed E-state index contributed by atoms with van der Waals surface area (Å²) in [6, 6.07) is 11.5. The number of guanidine groups is 1. The van der Waals surface area contributed by atoms with Crippen molar-refractivity contribution in [2.75, 3.05) is 150 Å². The molecule has 396 valence electrons. The Labute approximate surface area is 418 Å². The number of amides is 4. The van der Waals surface area contributed by atoms with Gasteiger partial charge in [-0.15, -0.1) is 0 Å². The van der Waals surface area contributed by atoms with Crippen LogP contribution in [0.2, 0.25) is 0 Å². The molecule has 7 N–H and O–H groups in total. The zero-order chi connectivity index (χ0) is 51.0. The molecule has 3 rings (SSSR count). The number of anilines is 1. The molecule has 1 atom stereocenters. The van der Waals surface area contributed by atoms with Crippen LogP contribution in [0.5, 0.6) is 5.75 Å². The van der Waals surface area contributed by atoms with Gasteiger partial charge in [0.2, 0.25) is 17.7 Å². The first-order valence-corrected chi connectivity index (χ1v) is 24.6. The lowest BCUT2D eigenvalue weighted by molar-refractivity contribution is -0.139. The van der Waals surface area contributed by atoms with Gasteiger partial charge < -0.3 is 79.6 Å². The molecule has 71 heavy (non-hydrogen) atoms. The average molecular weight is 1020 g/mol. The average Bonchev–Trinajstić information content (AvgIpc) is 3.35. The smallest absolute Gasteiger partial charge is 0.305 e. The van der Waals surface area contributed by atoms with Crippen LogP contribution in [-0.2, 0) is 61.9 Å². The lowest BCUT2D eigenvalue weighted by Crippen LogP contribution is -2.48. The van der Waals surface area contributed by atoms with Gasteiger partial charge in [0, 0.05) is 50.0 Å². The van der Waals surface area contributed by atoms with E-state index >= 15 is 0 Å². The van der Waals surface area contributed by atoms with Crippen LogP contribution in [0.1, 0.15) is 43.0 Å². The van der Waals surface area contributed by atoms with E-state index in [-0.39, 0.29) is 29.6 Å². The molecule has 2 aromatic rings. The SMILES string of the molecule is CC(=O)SCCOCCOCCOCCOCCOCCOCCOCCOCCC(=O)NCCCOc1ccc(NC(=O)[C@H](CC(=O)O)NC(=O)CNC(=O)c2cccc(N=C3NCCCN3)c2)cc1. The fourth-order valence-corrected chi connectivity index (χ4v) is 6.36. The lowest BCUT2D eigenvalue weighted by atomic mass is 10.1. The van der Waals surface area contributed by atoms with Crippen molar-refractivity contribution in [2.45, 2.75) is 38.6 Å². The normalized spacial score (nSPS) is 12.5. The number of ether oxygens (including phenoxy) is 9. The maximum absolute atomic E-state index is 13.0. The number of benzene rings is 2. The molecule has 0 radical (unpaired) electrons. The van der Waals surface area contributed by atoms with Crippen LogP contribution in [0.15, 0.2) is 53.5 Å². The van der Waals surface area contributed by atoms with E-state index in [0.29, 0.717) is 148 Å². The molecule has 0 unspecified atom stereocenters. The van der Waals surface area contributed by atoms with Gasteiger partial charge in [0.25, 0.3) is 5.91 Å². The van der Waals surface area contributed by atoms with Gasteiger partial charge in [0.05, 0.1) is 131 Å². The molecule has 1 saturated heterocycles. The molecule has 0 saturated carbocycles. The van der Waals surface area contributed by atoms with Crippen LogP contribution in [0, 0.1) is 0 Å². The van der Waals surface area contributed by atoms with Crippen molar-refractivity contribution >= 4 is 63.8 Å². The van der Waals surface area contributed by atoms with Crippen LogP contribution in [0.25, 0.3) is 0 Å². The summed E-state index contributed by atoms with van der Waals surface area (Å²) in [5, 5.41) is 26.0. The van der Waals surface area contributed by atoms with E-state index in [1.165, 1.54) is 18.7 Å². The second-order valence-corrected chi connectivity index (χ2v) is 16.4. The number of carbonyl (C=O) groups is 6. The monoisotopic (exact) mass is 1020 g/mol. The van der Waals surface area contributed by atoms with Gasteiger partial charge in [0.15, 0.2) is 11.1 Å². The summed E-state index contributed by atoms with van der Waals surface area (Å²) < 4.78 is 49.3. The third-order valence-corrected chi connectivity index (χ3v) is 10.1. The summed E-state index contributed by atoms with van der Waals surface area (Å²) in [4.78, 5) is 77.4. The summed E-state index contributed by atoms with van der Waals surface area (Å²) in [5.74, 6) is -1.77. The summed E-state index contributed by atoms with van der Waals surface area (Å²) in [6.07, 6.45) is 1.01. The second kappa shape index (κ2) is 39.2. The number of aliphatic carboxylic acids is 1. The van der Waals surface area contributed by atoms with Gasteiger partial charge >= 0.3 is 5.97 Å². The molecule has 1 aliphatic heterocycles. The molecule has 0 aliphatic carbocycles. The van der Waals surface area contributed by atoms with Crippen molar-refractivity contribution in [3.8, 4) is 5.75 Å². The fourth-order valence-electron chi connectivity index (χ4n) is 5.87. The number of hydrogen-bond donors (Lipinski definition) is 7. The predicted molar refractivity (Wildman–Crippen MR) is 263 cm³/mol. The van der Waals surface area contributed by atoms with Crippen molar-refractivity contribution in [1.29, 1.82) is 0 Å². The Kier molecular flexibility index (Phi) is 33.1. The van der Waals surface area contributed by atoms with E-state index < -0.39 is 42.7 Å². The molecule has 24 heteroatoms. The Morgan fingerprint density at radius 1 is 0.676 bits per heavy atom. The minimum Gasteiger partial charge on any atom is -0.494 e. The van der Waals surface area contributed by atoms with Gasteiger partial charge in [-0.05, 0) is 55.3 Å². The predicted octanol–water partition coefficient (Wildman–Crippen LogP) is 1.27. The summed E-state index contributed by atoms with van der Waals surface area (Å²) in [7, 11) is 0. The van der Waals surface area contributed by atoms with Crippen LogP contribution in [0.3, 0.4) is 0 Å². The second-order valence-electron chi connectivity index (χ2n) is 15.2. The molecule has 1 fully saturated rings. The van der Waals surface area contributed by atoms with E-state index in [4.69, 9.17) is 42.6 Å². The van der Waals surface area contributed by atoms with Crippen LogP contribution in [0.4, 0.5) is 11.4 Å². The van der Waals surface area contributed by atoms with Gasteiger partial charge in [0.1, 0.15) is 11.8 Å². The van der Waals surface area contributed by atoms with Crippen molar-refractivity contribution in [2.24, 2.45) is 4.99 Å². The van der Waals surface area contributed by atoms with Gasteiger partial charge in [-0.2, -0.15) is 0 Å². The van der Waals surface area contributed by atoms with Crippen molar-refractivity contribution < 1.29 is 76.5 Å². The quantitative estimate of drug-likeness (QED) is 0.0462. The Balaban J connectivity index is 1.10. The number of thioether (sulfide) groups is 1. The summed E-state index contributed by atoms with van der Waals surface area (Å²) in [5.41, 5.74) is 1.13. The molecule has 4 amide bonds. The number of nitrogens with zero attached hydrogens (tertiary/aromatic N) is 1. The Bertz CT molecular complexity index is 1870. The molecular weight excluding hydrogens is 951 g/mol. The van der Waals surface area contributed by atoms with Crippen LogP contribution >= 0.6 is 11.8 Å². The third kappa shape index (κ3) is 31.5. The Hall–Kier alpha value is -5.44. The Morgan fingerprint density at radius 2 is 1.23 bits per heavy atom. The number of aliphatic imine (C=N–C) groups is 1. The third-order valence-electron chi connectivity index (χ3n) is 9.37. The van der Waals surface area contributed by atoms with E-state index in [0.717, 1.165) is 19.5 Å². The number of carbonyl (C=O) groups excluding carboxylic acids is 5. The minimum absolute atomic E-state index is 0.0868. The highest BCUT2D eigenvalue weighted by Gasteiger charge is 2.24. The minimum atomic E-state index is -1.42. The molecule has 0 aromatic heterocycles. The first-order valence-electron chi connectivity index (χ1n) is 23.6. The fraction of sp³-hybridized carbons (Fsp3) is 0.596. The first-order chi connectivity index (χ1) is 34.6. The summed E-state index contributed by atoms with van der Waals surface area (Å²) >= 11 is 1.25. The molecule has 1 heterocycles. The zero-order valence-electron chi connectivity index (χ0n) is 40.5. The zero-order valence-corrected chi connectivity index (χ0v) is 41.3. The molecule has 0 bridgehead atoms. The van der Waals surface area contributed by atoms with Crippen molar-refractivity contribution in [1.82, 2.24) is 26.6 Å². The topological polar surface area (TPSA) is 290 Å². The van der Waals surface area contributed by atoms with Gasteiger partial charge in [-0.3, -0.25) is 28.8 Å². The highest BCUT2D eigenvalue weighted by Crippen LogP contribution is 2.17.